The van der Waals surface area contributed by atoms with Crippen molar-refractivity contribution in [3.63, 3.8) is 0 Å². The van der Waals surface area contributed by atoms with Crippen molar-refractivity contribution < 1.29 is 23.8 Å². The number of ether oxygens (including phenoxy) is 2. The summed E-state index contributed by atoms with van der Waals surface area (Å²) in [6.07, 6.45) is 5.81. The molecule has 0 bridgehead atoms. The summed E-state index contributed by atoms with van der Waals surface area (Å²) in [6.45, 7) is 2.98. The second-order valence-corrected chi connectivity index (χ2v) is 9.13. The fraction of sp³-hybridized carbons (Fsp3) is 0.500. The van der Waals surface area contributed by atoms with Crippen molar-refractivity contribution in [2.45, 2.75) is 25.6 Å². The molecule has 7 nitrogen and oxygen atoms in total. The monoisotopic (exact) mass is 447 g/mol. The van der Waals surface area contributed by atoms with Gasteiger partial charge in [0, 0.05) is 24.1 Å². The molecule has 1 aliphatic carbocycles. The van der Waals surface area contributed by atoms with Crippen LogP contribution in [-0.4, -0.2) is 47.3 Å². The first-order valence-corrected chi connectivity index (χ1v) is 10.8. The lowest BCUT2D eigenvalue weighted by atomic mass is 9.87. The van der Waals surface area contributed by atoms with Crippen LogP contribution in [0.15, 0.2) is 30.6 Å². The van der Waals surface area contributed by atoms with Crippen LogP contribution in [0.2, 0.25) is 5.02 Å². The second-order valence-electron chi connectivity index (χ2n) is 8.70. The summed E-state index contributed by atoms with van der Waals surface area (Å²) in [5.74, 6) is -0.171. The third-order valence-electron chi connectivity index (χ3n) is 6.79. The number of anilines is 1. The smallest absolute Gasteiger partial charge is 0.338 e. The molecule has 1 aromatic heterocycles. The van der Waals surface area contributed by atoms with Gasteiger partial charge in [-0.2, -0.15) is 0 Å². The van der Waals surface area contributed by atoms with Crippen LogP contribution in [0.25, 0.3) is 0 Å². The third-order valence-corrected chi connectivity index (χ3v) is 6.99. The van der Waals surface area contributed by atoms with Gasteiger partial charge in [0.05, 0.1) is 36.2 Å². The molecule has 0 radical (unpaired) electrons. The van der Waals surface area contributed by atoms with E-state index in [1.54, 1.807) is 18.5 Å². The van der Waals surface area contributed by atoms with Gasteiger partial charge in [-0.25, -0.2) is 19.2 Å². The number of benzene rings is 1. The summed E-state index contributed by atoms with van der Waals surface area (Å²) in [4.78, 5) is 21.8. The highest BCUT2D eigenvalue weighted by Gasteiger charge is 2.59. The van der Waals surface area contributed by atoms with Crippen molar-refractivity contribution >= 4 is 23.5 Å². The number of hydrogen-bond donors (Lipinski definition) is 1. The number of aromatic carboxylic acids is 1. The van der Waals surface area contributed by atoms with Crippen molar-refractivity contribution in [3.05, 3.63) is 52.6 Å². The van der Waals surface area contributed by atoms with Crippen LogP contribution in [0.5, 0.6) is 0 Å². The van der Waals surface area contributed by atoms with Gasteiger partial charge < -0.3 is 19.5 Å². The van der Waals surface area contributed by atoms with E-state index in [-0.39, 0.29) is 11.0 Å². The van der Waals surface area contributed by atoms with Gasteiger partial charge >= 0.3 is 5.97 Å². The van der Waals surface area contributed by atoms with E-state index in [4.69, 9.17) is 26.2 Å². The molecular weight excluding hydrogens is 425 g/mol. The van der Waals surface area contributed by atoms with E-state index >= 15 is 0 Å². The number of hydrogen-bond acceptors (Lipinski definition) is 6. The SMILES string of the molecule is O=C(O)c1ccc(C2OCC3(CO2)C[C@H]3C2CCN(c3ncc(Cl)cn3)CC2)cc1F. The number of nitrogens with zero attached hydrogens (tertiary/aromatic N) is 3. The number of carboxylic acid groups (broad SMARTS) is 1. The van der Waals surface area contributed by atoms with Crippen LogP contribution in [0.4, 0.5) is 10.3 Å². The molecule has 31 heavy (non-hydrogen) atoms. The molecule has 3 fully saturated rings. The zero-order valence-electron chi connectivity index (χ0n) is 16.8. The molecule has 1 saturated carbocycles. The maximum atomic E-state index is 14.0. The standard InChI is InChI=1S/C22H23ClFN3O4/c23-15-9-25-21(26-10-15)27-5-3-13(4-6-27)17-8-22(17)11-30-20(31-12-22)14-1-2-16(19(28)29)18(24)7-14/h1-2,7,9-10,13,17,20H,3-6,8,11-12H2,(H,28,29)/t17-,20?,22?/m0/s1. The highest BCUT2D eigenvalue weighted by molar-refractivity contribution is 6.30. The lowest BCUT2D eigenvalue weighted by molar-refractivity contribution is -0.216. The van der Waals surface area contributed by atoms with Gasteiger partial charge in [0.2, 0.25) is 5.95 Å². The van der Waals surface area contributed by atoms with Crippen molar-refractivity contribution in [2.24, 2.45) is 17.3 Å². The molecule has 5 rings (SSSR count). The van der Waals surface area contributed by atoms with Gasteiger partial charge in [-0.3, -0.25) is 0 Å². The molecule has 2 saturated heterocycles. The van der Waals surface area contributed by atoms with E-state index in [1.807, 2.05) is 0 Å². The summed E-state index contributed by atoms with van der Waals surface area (Å²) in [6, 6.07) is 3.99. The van der Waals surface area contributed by atoms with E-state index in [1.165, 1.54) is 12.1 Å². The predicted octanol–water partition coefficient (Wildman–Crippen LogP) is 3.94. The van der Waals surface area contributed by atoms with E-state index in [9.17, 15) is 9.18 Å². The van der Waals surface area contributed by atoms with Gasteiger partial charge in [-0.15, -0.1) is 0 Å². The fourth-order valence-electron chi connectivity index (χ4n) is 4.97. The summed E-state index contributed by atoms with van der Waals surface area (Å²) in [5, 5.41) is 9.51. The minimum atomic E-state index is -1.29. The molecule has 2 aliphatic heterocycles. The maximum Gasteiger partial charge on any atom is 0.338 e. The maximum absolute atomic E-state index is 14.0. The summed E-state index contributed by atoms with van der Waals surface area (Å²) in [5.41, 5.74) is 0.194. The van der Waals surface area contributed by atoms with Crippen molar-refractivity contribution in [1.29, 1.82) is 0 Å². The molecule has 0 amide bonds. The molecular formula is C22H23ClFN3O4. The van der Waals surface area contributed by atoms with Gasteiger partial charge in [0.1, 0.15) is 5.82 Å². The van der Waals surface area contributed by atoms with Crippen molar-refractivity contribution in [1.82, 2.24) is 9.97 Å². The summed E-state index contributed by atoms with van der Waals surface area (Å²) in [7, 11) is 0. The Morgan fingerprint density at radius 2 is 1.87 bits per heavy atom. The Kier molecular flexibility index (Phi) is 5.32. The summed E-state index contributed by atoms with van der Waals surface area (Å²) < 4.78 is 25.9. The van der Waals surface area contributed by atoms with Crippen LogP contribution < -0.4 is 4.90 Å². The number of carbonyl (C=O) groups is 1. The highest BCUT2D eigenvalue weighted by atomic mass is 35.5. The van der Waals surface area contributed by atoms with E-state index in [0.29, 0.717) is 35.6 Å². The van der Waals surface area contributed by atoms with Gasteiger partial charge in [0.25, 0.3) is 0 Å². The molecule has 3 heterocycles. The normalized spacial score (nSPS) is 28.6. The Morgan fingerprint density at radius 3 is 2.48 bits per heavy atom. The molecule has 9 heteroatoms. The molecule has 1 aromatic carbocycles. The molecule has 2 aromatic rings. The van der Waals surface area contributed by atoms with Crippen LogP contribution >= 0.6 is 11.6 Å². The summed E-state index contributed by atoms with van der Waals surface area (Å²) >= 11 is 5.87. The fourth-order valence-corrected chi connectivity index (χ4v) is 5.06. The highest BCUT2D eigenvalue weighted by Crippen LogP contribution is 2.61. The van der Waals surface area contributed by atoms with Crippen molar-refractivity contribution in [2.75, 3.05) is 31.2 Å². The molecule has 1 N–H and O–H groups in total. The lowest BCUT2D eigenvalue weighted by Crippen LogP contribution is -2.37. The van der Waals surface area contributed by atoms with Gasteiger partial charge in [0.15, 0.2) is 6.29 Å². The molecule has 1 atom stereocenters. The number of aromatic nitrogens is 2. The zero-order valence-corrected chi connectivity index (χ0v) is 17.6. The molecule has 1 spiro atoms. The number of carboxylic acids is 1. The van der Waals surface area contributed by atoms with Crippen LogP contribution in [0, 0.1) is 23.1 Å². The Labute approximate surface area is 184 Å². The van der Waals surface area contributed by atoms with Gasteiger partial charge in [-0.1, -0.05) is 17.7 Å². The van der Waals surface area contributed by atoms with E-state index < -0.39 is 18.1 Å². The average molecular weight is 448 g/mol. The zero-order chi connectivity index (χ0) is 21.6. The first kappa shape index (κ1) is 20.6. The molecule has 3 aliphatic rings. The predicted molar refractivity (Wildman–Crippen MR) is 111 cm³/mol. The Balaban J connectivity index is 1.15. The number of halogens is 2. The number of rotatable bonds is 4. The minimum Gasteiger partial charge on any atom is -0.478 e. The Morgan fingerprint density at radius 1 is 1.19 bits per heavy atom. The Hall–Kier alpha value is -2.29. The Bertz CT molecular complexity index is 973. The van der Waals surface area contributed by atoms with Crippen molar-refractivity contribution in [3.8, 4) is 0 Å². The van der Waals surface area contributed by atoms with Crippen LogP contribution in [0.1, 0.15) is 41.5 Å². The first-order chi connectivity index (χ1) is 14.9. The molecule has 0 unspecified atom stereocenters. The van der Waals surface area contributed by atoms with E-state index in [0.717, 1.165) is 38.3 Å². The number of piperidine rings is 1. The first-order valence-electron chi connectivity index (χ1n) is 10.4. The quantitative estimate of drug-likeness (QED) is 0.759. The second kappa shape index (κ2) is 8.00. The minimum absolute atomic E-state index is 0.0413. The average Bonchev–Trinajstić information content (AvgIpc) is 3.47. The van der Waals surface area contributed by atoms with Gasteiger partial charge in [-0.05, 0) is 43.2 Å². The molecule has 164 valence electrons. The lowest BCUT2D eigenvalue weighted by Gasteiger charge is -2.35. The topological polar surface area (TPSA) is 84.8 Å². The van der Waals surface area contributed by atoms with Crippen LogP contribution in [-0.2, 0) is 9.47 Å². The van der Waals surface area contributed by atoms with Crippen LogP contribution in [0.3, 0.4) is 0 Å². The largest absolute Gasteiger partial charge is 0.478 e. The van der Waals surface area contributed by atoms with E-state index in [2.05, 4.69) is 14.9 Å². The third kappa shape index (κ3) is 4.00.